The van der Waals surface area contributed by atoms with Gasteiger partial charge in [0.1, 0.15) is 12.1 Å². The zero-order chi connectivity index (χ0) is 32.0. The van der Waals surface area contributed by atoms with Gasteiger partial charge in [-0.3, -0.25) is 19.2 Å². The Bertz CT molecular complexity index is 1250. The Balaban J connectivity index is 1.97. The van der Waals surface area contributed by atoms with E-state index in [0.29, 0.717) is 12.3 Å². The van der Waals surface area contributed by atoms with Crippen molar-refractivity contribution in [3.05, 3.63) is 11.2 Å². The molecule has 2 heterocycles. The second-order valence-electron chi connectivity index (χ2n) is 12.3. The molecule has 3 fully saturated rings. The summed E-state index contributed by atoms with van der Waals surface area (Å²) in [7, 11) is -4.36. The van der Waals surface area contributed by atoms with Crippen molar-refractivity contribution in [1.29, 1.82) is 0 Å². The standard InChI is InChI=1S/C25H34F6N4O6S/c1-23(2,3)18(34-22(39)25(29,30)31)21(38)35-11-13-9-24(27,28)10-15(13)17(35)20(37)33-14(8-16(26)42(4,40)41)7-12-5-6-32-19(12)36/h8,12-15,17-18H,5-7,9-11H2,1-4H3,(H,32,36)(H,33,37)(H,34,39)/b16-8-/t12-,13+,14+,15+,17-,18-/m0/s1. The molecule has 3 rings (SSSR count). The first-order valence-electron chi connectivity index (χ1n) is 13.2. The number of halogens is 6. The topological polar surface area (TPSA) is 142 Å². The Kier molecular flexibility index (Phi) is 9.36. The summed E-state index contributed by atoms with van der Waals surface area (Å²) in [6, 6.07) is -4.87. The number of sulfone groups is 1. The van der Waals surface area contributed by atoms with Crippen LogP contribution in [0.15, 0.2) is 11.2 Å². The lowest BCUT2D eigenvalue weighted by molar-refractivity contribution is -0.176. The third-order valence-electron chi connectivity index (χ3n) is 7.79. The fraction of sp³-hybridized carbons (Fsp3) is 0.760. The largest absolute Gasteiger partial charge is 0.471 e. The molecule has 2 aliphatic heterocycles. The van der Waals surface area contributed by atoms with E-state index in [0.717, 1.165) is 4.90 Å². The second-order valence-corrected chi connectivity index (χ2v) is 14.2. The average molecular weight is 633 g/mol. The smallest absolute Gasteiger partial charge is 0.356 e. The zero-order valence-electron chi connectivity index (χ0n) is 23.4. The van der Waals surface area contributed by atoms with Crippen LogP contribution in [-0.2, 0) is 29.0 Å². The molecule has 42 heavy (non-hydrogen) atoms. The van der Waals surface area contributed by atoms with Gasteiger partial charge < -0.3 is 20.9 Å². The molecule has 2 saturated heterocycles. The summed E-state index contributed by atoms with van der Waals surface area (Å²) in [5.74, 6) is -11.0. The maximum atomic E-state index is 14.5. The highest BCUT2D eigenvalue weighted by molar-refractivity contribution is 7.94. The lowest BCUT2D eigenvalue weighted by atomic mass is 9.85. The van der Waals surface area contributed by atoms with Gasteiger partial charge in [0, 0.05) is 38.1 Å². The first kappa shape index (κ1) is 33.6. The fourth-order valence-corrected chi connectivity index (χ4v) is 6.19. The monoisotopic (exact) mass is 632 g/mol. The van der Waals surface area contributed by atoms with Gasteiger partial charge in [-0.15, -0.1) is 0 Å². The number of likely N-dealkylation sites (tertiary alicyclic amines) is 1. The second kappa shape index (κ2) is 11.7. The number of carbonyl (C=O) groups excluding carboxylic acids is 4. The van der Waals surface area contributed by atoms with Crippen LogP contribution >= 0.6 is 0 Å². The van der Waals surface area contributed by atoms with E-state index in [1.54, 1.807) is 5.32 Å². The van der Waals surface area contributed by atoms with Gasteiger partial charge in [-0.25, -0.2) is 17.2 Å². The molecule has 0 aromatic carbocycles. The number of rotatable bonds is 8. The van der Waals surface area contributed by atoms with Gasteiger partial charge in [0.15, 0.2) is 0 Å². The predicted octanol–water partition coefficient (Wildman–Crippen LogP) is 1.82. The Morgan fingerprint density at radius 2 is 1.76 bits per heavy atom. The van der Waals surface area contributed by atoms with Crippen LogP contribution in [0.3, 0.4) is 0 Å². The molecule has 3 aliphatic rings. The Hall–Kier alpha value is -2.85. The molecule has 0 aromatic heterocycles. The summed E-state index contributed by atoms with van der Waals surface area (Å²) in [6.07, 6.45) is -5.67. The van der Waals surface area contributed by atoms with E-state index in [-0.39, 0.29) is 19.4 Å². The van der Waals surface area contributed by atoms with E-state index < -0.39 is 111 Å². The minimum absolute atomic E-state index is 0.252. The summed E-state index contributed by atoms with van der Waals surface area (Å²) in [5, 5.41) is 4.95. The molecule has 238 valence electrons. The van der Waals surface area contributed by atoms with Crippen LogP contribution < -0.4 is 16.0 Å². The van der Waals surface area contributed by atoms with Crippen molar-refractivity contribution >= 4 is 33.5 Å². The number of nitrogens with zero attached hydrogens (tertiary/aromatic N) is 1. The number of amides is 4. The highest BCUT2D eigenvalue weighted by Gasteiger charge is 2.59. The highest BCUT2D eigenvalue weighted by atomic mass is 32.2. The molecule has 17 heteroatoms. The van der Waals surface area contributed by atoms with Crippen LogP contribution in [0.4, 0.5) is 26.3 Å². The molecular formula is C25H34F6N4O6S. The van der Waals surface area contributed by atoms with Gasteiger partial charge in [0.2, 0.25) is 38.6 Å². The number of fused-ring (bicyclic) bond motifs is 1. The first-order valence-corrected chi connectivity index (χ1v) is 15.1. The van der Waals surface area contributed by atoms with Crippen molar-refractivity contribution in [2.45, 2.75) is 76.7 Å². The molecule has 0 radical (unpaired) electrons. The van der Waals surface area contributed by atoms with E-state index >= 15 is 0 Å². The summed E-state index contributed by atoms with van der Waals surface area (Å²) < 4.78 is 106. The fourth-order valence-electron chi connectivity index (χ4n) is 5.78. The van der Waals surface area contributed by atoms with Gasteiger partial charge in [0.25, 0.3) is 0 Å². The van der Waals surface area contributed by atoms with Gasteiger partial charge in [-0.05, 0) is 36.2 Å². The van der Waals surface area contributed by atoms with Crippen molar-refractivity contribution in [2.75, 3.05) is 19.3 Å². The number of hydrogen-bond donors (Lipinski definition) is 3. The highest BCUT2D eigenvalue weighted by Crippen LogP contribution is 2.50. The number of hydrogen-bond acceptors (Lipinski definition) is 6. The molecule has 10 nitrogen and oxygen atoms in total. The van der Waals surface area contributed by atoms with Crippen molar-refractivity contribution < 1.29 is 53.9 Å². The molecular weight excluding hydrogens is 598 g/mol. The number of alkyl halides is 5. The average Bonchev–Trinajstić information content (AvgIpc) is 3.45. The van der Waals surface area contributed by atoms with Crippen molar-refractivity contribution in [3.63, 3.8) is 0 Å². The SMILES string of the molecule is CC(C)(C)[C@@H](NC(=O)C(F)(F)F)C(=O)N1C[C@H]2CC(F)(F)C[C@H]2[C@H]1C(=O)N[C@@H](/C=C(/F)S(C)(=O)=O)C[C@@H]1CCNC1=O. The van der Waals surface area contributed by atoms with Crippen LogP contribution in [0.25, 0.3) is 0 Å². The molecule has 1 aliphatic carbocycles. The summed E-state index contributed by atoms with van der Waals surface area (Å²) in [4.78, 5) is 52.0. The Morgan fingerprint density at radius 3 is 2.26 bits per heavy atom. The molecule has 0 aromatic rings. The van der Waals surface area contributed by atoms with Gasteiger partial charge >= 0.3 is 12.1 Å². The van der Waals surface area contributed by atoms with E-state index in [1.807, 2.05) is 0 Å². The van der Waals surface area contributed by atoms with E-state index in [4.69, 9.17) is 0 Å². The van der Waals surface area contributed by atoms with Crippen LogP contribution in [-0.4, -0.2) is 86.5 Å². The number of nitrogens with one attached hydrogen (secondary N) is 3. The molecule has 4 amide bonds. The third-order valence-corrected chi connectivity index (χ3v) is 8.63. The maximum Gasteiger partial charge on any atom is 0.471 e. The van der Waals surface area contributed by atoms with Crippen molar-refractivity contribution in [1.82, 2.24) is 20.9 Å². The molecule has 1 saturated carbocycles. The minimum atomic E-state index is -5.33. The summed E-state index contributed by atoms with van der Waals surface area (Å²) in [5.41, 5.74) is -1.31. The summed E-state index contributed by atoms with van der Waals surface area (Å²) >= 11 is 0. The van der Waals surface area contributed by atoms with E-state index in [9.17, 15) is 53.9 Å². The van der Waals surface area contributed by atoms with Crippen LogP contribution in [0.5, 0.6) is 0 Å². The van der Waals surface area contributed by atoms with Gasteiger partial charge in [-0.2, -0.15) is 17.6 Å². The van der Waals surface area contributed by atoms with Crippen LogP contribution in [0, 0.1) is 23.2 Å². The zero-order valence-corrected chi connectivity index (χ0v) is 24.2. The van der Waals surface area contributed by atoms with Crippen LogP contribution in [0.1, 0.15) is 46.5 Å². The van der Waals surface area contributed by atoms with Crippen molar-refractivity contribution in [3.8, 4) is 0 Å². The van der Waals surface area contributed by atoms with Crippen LogP contribution in [0.2, 0.25) is 0 Å². The van der Waals surface area contributed by atoms with Crippen molar-refractivity contribution in [2.24, 2.45) is 23.2 Å². The summed E-state index contributed by atoms with van der Waals surface area (Å²) in [6.45, 7) is 3.97. The minimum Gasteiger partial charge on any atom is -0.356 e. The molecule has 0 bridgehead atoms. The van der Waals surface area contributed by atoms with E-state index in [1.165, 1.54) is 20.8 Å². The molecule has 6 atom stereocenters. The van der Waals surface area contributed by atoms with Gasteiger partial charge in [-0.1, -0.05) is 20.8 Å². The first-order chi connectivity index (χ1) is 19.0. The Morgan fingerprint density at radius 1 is 1.14 bits per heavy atom. The predicted molar refractivity (Wildman–Crippen MR) is 136 cm³/mol. The Labute approximate surface area is 238 Å². The lowest BCUT2D eigenvalue weighted by Gasteiger charge is -2.37. The third kappa shape index (κ3) is 7.75. The molecule has 0 unspecified atom stereocenters. The number of carbonyl (C=O) groups is 4. The van der Waals surface area contributed by atoms with E-state index in [2.05, 4.69) is 10.6 Å². The quantitative estimate of drug-likeness (QED) is 0.349. The maximum absolute atomic E-state index is 14.5. The normalized spacial score (nSPS) is 27.7. The lowest BCUT2D eigenvalue weighted by Crippen LogP contribution is -2.60. The molecule has 3 N–H and O–H groups in total. The molecule has 0 spiro atoms. The van der Waals surface area contributed by atoms with Gasteiger partial charge in [0.05, 0.1) is 6.04 Å².